The van der Waals surface area contributed by atoms with E-state index in [2.05, 4.69) is 23.5 Å². The highest BCUT2D eigenvalue weighted by Crippen LogP contribution is 2.43. The Morgan fingerprint density at radius 1 is 1.35 bits per heavy atom. The number of anilines is 1. The summed E-state index contributed by atoms with van der Waals surface area (Å²) in [7, 11) is 0. The van der Waals surface area contributed by atoms with Crippen molar-refractivity contribution in [1.29, 1.82) is 0 Å². The summed E-state index contributed by atoms with van der Waals surface area (Å²) in [5.41, 5.74) is 10.3. The van der Waals surface area contributed by atoms with Crippen LogP contribution in [-0.4, -0.2) is 12.5 Å². The number of carbonyl (C=O) groups excluding carboxylic acids is 1. The molecule has 104 valence electrons. The highest BCUT2D eigenvalue weighted by atomic mass is 32.1. The fourth-order valence-corrected chi connectivity index (χ4v) is 3.82. The number of hydrogen-bond donors (Lipinski definition) is 2. The van der Waals surface area contributed by atoms with Crippen molar-refractivity contribution in [3.63, 3.8) is 0 Å². The van der Waals surface area contributed by atoms with Gasteiger partial charge in [-0.2, -0.15) is 0 Å². The average Bonchev–Trinajstić information content (AvgIpc) is 2.81. The molecule has 2 aromatic rings. The maximum Gasteiger partial charge on any atom is 0.254 e. The highest BCUT2D eigenvalue weighted by Gasteiger charge is 2.27. The first-order valence-electron chi connectivity index (χ1n) is 7.00. The van der Waals surface area contributed by atoms with E-state index in [-0.39, 0.29) is 5.91 Å². The van der Waals surface area contributed by atoms with E-state index < -0.39 is 0 Å². The van der Waals surface area contributed by atoms with Crippen molar-refractivity contribution >= 4 is 22.2 Å². The first-order valence-corrected chi connectivity index (χ1v) is 7.81. The van der Waals surface area contributed by atoms with Crippen molar-refractivity contribution in [2.75, 3.05) is 12.3 Å². The third-order valence-electron chi connectivity index (χ3n) is 3.68. The second-order valence-electron chi connectivity index (χ2n) is 5.05. The van der Waals surface area contributed by atoms with Gasteiger partial charge in [-0.15, -0.1) is 11.3 Å². The average molecular weight is 286 g/mol. The molecule has 0 spiro atoms. The molecular formula is C16H18N2OS. The largest absolute Gasteiger partial charge is 0.390 e. The first kappa shape index (κ1) is 13.2. The van der Waals surface area contributed by atoms with E-state index in [1.165, 1.54) is 16.0 Å². The van der Waals surface area contributed by atoms with Gasteiger partial charge in [0.1, 0.15) is 0 Å². The quantitative estimate of drug-likeness (QED) is 0.910. The predicted octanol–water partition coefficient (Wildman–Crippen LogP) is 3.24. The van der Waals surface area contributed by atoms with Crippen LogP contribution in [0.25, 0.3) is 11.1 Å². The van der Waals surface area contributed by atoms with Crippen LogP contribution >= 0.6 is 11.3 Å². The van der Waals surface area contributed by atoms with Crippen LogP contribution in [0.15, 0.2) is 24.3 Å². The zero-order valence-corrected chi connectivity index (χ0v) is 12.3. The lowest BCUT2D eigenvalue weighted by atomic mass is 9.88. The number of benzene rings is 1. The summed E-state index contributed by atoms with van der Waals surface area (Å²) in [5.74, 6) is -0.0430. The fourth-order valence-electron chi connectivity index (χ4n) is 2.74. The number of nitrogens with one attached hydrogen (secondary N) is 1. The molecule has 0 fully saturated rings. The minimum atomic E-state index is -0.0430. The first-order chi connectivity index (χ1) is 9.72. The molecule has 3 N–H and O–H groups in total. The van der Waals surface area contributed by atoms with Crippen LogP contribution in [0.4, 0.5) is 5.00 Å². The van der Waals surface area contributed by atoms with Gasteiger partial charge in [0.05, 0.1) is 10.6 Å². The van der Waals surface area contributed by atoms with Gasteiger partial charge in [-0.25, -0.2) is 0 Å². The molecule has 0 atom stereocenters. The van der Waals surface area contributed by atoms with Crippen LogP contribution in [0.5, 0.6) is 0 Å². The summed E-state index contributed by atoms with van der Waals surface area (Å²) < 4.78 is 0. The Labute approximate surface area is 122 Å². The predicted molar refractivity (Wildman–Crippen MR) is 84.2 cm³/mol. The molecule has 3 rings (SSSR count). The number of nitrogens with two attached hydrogens (primary N) is 1. The molecule has 1 aliphatic rings. The van der Waals surface area contributed by atoms with E-state index in [4.69, 9.17) is 5.73 Å². The molecule has 1 aliphatic carbocycles. The summed E-state index contributed by atoms with van der Waals surface area (Å²) in [6.07, 6.45) is 2.93. The maximum atomic E-state index is 12.4. The van der Waals surface area contributed by atoms with Gasteiger partial charge in [-0.3, -0.25) is 4.79 Å². The minimum absolute atomic E-state index is 0.0430. The molecule has 3 nitrogen and oxygen atoms in total. The summed E-state index contributed by atoms with van der Waals surface area (Å²) >= 11 is 1.56. The van der Waals surface area contributed by atoms with Crippen LogP contribution in [0, 0.1) is 0 Å². The smallest absolute Gasteiger partial charge is 0.254 e. The van der Waals surface area contributed by atoms with Crippen LogP contribution in [0.2, 0.25) is 0 Å². The van der Waals surface area contributed by atoms with E-state index >= 15 is 0 Å². The van der Waals surface area contributed by atoms with Crippen LogP contribution in [0.3, 0.4) is 0 Å². The molecule has 0 saturated heterocycles. The molecule has 0 saturated carbocycles. The summed E-state index contributed by atoms with van der Waals surface area (Å²) in [5, 5.41) is 3.58. The van der Waals surface area contributed by atoms with Crippen LogP contribution in [-0.2, 0) is 12.8 Å². The topological polar surface area (TPSA) is 55.1 Å². The third kappa shape index (κ3) is 2.10. The van der Waals surface area contributed by atoms with Gasteiger partial charge in [0.2, 0.25) is 0 Å². The normalized spacial score (nSPS) is 12.7. The second kappa shape index (κ2) is 5.29. The van der Waals surface area contributed by atoms with Gasteiger partial charge in [0.15, 0.2) is 0 Å². The summed E-state index contributed by atoms with van der Waals surface area (Å²) in [6, 6.07) is 8.31. The van der Waals surface area contributed by atoms with Gasteiger partial charge in [0.25, 0.3) is 5.91 Å². The standard InChI is InChI=1S/C16H18N2OS/c1-2-9-18-16(19)14-13-11-6-4-3-5-10(11)7-8-12(13)20-15(14)17/h3-6H,2,7-9,17H2,1H3,(H,18,19). The van der Waals surface area contributed by atoms with E-state index in [0.29, 0.717) is 17.1 Å². The molecule has 20 heavy (non-hydrogen) atoms. The Balaban J connectivity index is 2.10. The second-order valence-corrected chi connectivity index (χ2v) is 6.19. The van der Waals surface area contributed by atoms with E-state index in [1.807, 2.05) is 13.0 Å². The summed E-state index contributed by atoms with van der Waals surface area (Å²) in [4.78, 5) is 13.6. The van der Waals surface area contributed by atoms with Crippen molar-refractivity contribution in [2.24, 2.45) is 0 Å². The molecule has 0 radical (unpaired) electrons. The van der Waals surface area contributed by atoms with Crippen molar-refractivity contribution in [3.05, 3.63) is 40.3 Å². The van der Waals surface area contributed by atoms with E-state index in [1.54, 1.807) is 11.3 Å². The Morgan fingerprint density at radius 2 is 2.15 bits per heavy atom. The zero-order chi connectivity index (χ0) is 14.1. The molecular weight excluding hydrogens is 268 g/mol. The van der Waals surface area contributed by atoms with Crippen molar-refractivity contribution < 1.29 is 4.79 Å². The van der Waals surface area contributed by atoms with Crippen molar-refractivity contribution in [2.45, 2.75) is 26.2 Å². The van der Waals surface area contributed by atoms with Crippen molar-refractivity contribution in [3.8, 4) is 11.1 Å². The van der Waals surface area contributed by atoms with Gasteiger partial charge in [-0.1, -0.05) is 31.2 Å². The minimum Gasteiger partial charge on any atom is -0.390 e. The number of rotatable bonds is 3. The molecule has 0 aliphatic heterocycles. The van der Waals surface area contributed by atoms with Gasteiger partial charge >= 0.3 is 0 Å². The monoisotopic (exact) mass is 286 g/mol. The number of carbonyl (C=O) groups is 1. The number of hydrogen-bond acceptors (Lipinski definition) is 3. The molecule has 4 heteroatoms. The van der Waals surface area contributed by atoms with Crippen molar-refractivity contribution in [1.82, 2.24) is 5.32 Å². The Kier molecular flexibility index (Phi) is 3.49. The fraction of sp³-hybridized carbons (Fsp3) is 0.312. The summed E-state index contributed by atoms with van der Waals surface area (Å²) in [6.45, 7) is 2.73. The molecule has 1 aromatic heterocycles. The van der Waals surface area contributed by atoms with Crippen LogP contribution in [0.1, 0.15) is 34.1 Å². The number of fused-ring (bicyclic) bond motifs is 3. The lowest BCUT2D eigenvalue weighted by Crippen LogP contribution is -2.25. The molecule has 1 aromatic carbocycles. The number of nitrogen functional groups attached to an aromatic ring is 1. The Hall–Kier alpha value is -1.81. The molecule has 1 amide bonds. The highest BCUT2D eigenvalue weighted by molar-refractivity contribution is 7.17. The lowest BCUT2D eigenvalue weighted by Gasteiger charge is -2.17. The third-order valence-corrected chi connectivity index (χ3v) is 4.76. The Bertz CT molecular complexity index is 660. The van der Waals surface area contributed by atoms with E-state index in [9.17, 15) is 4.79 Å². The Morgan fingerprint density at radius 3 is 2.95 bits per heavy atom. The number of aryl methyl sites for hydroxylation is 2. The van der Waals surface area contributed by atoms with E-state index in [0.717, 1.165) is 24.8 Å². The molecule has 0 unspecified atom stereocenters. The SMILES string of the molecule is CCCNC(=O)c1c(N)sc2c1-c1ccccc1CC2. The van der Waals surface area contributed by atoms with Gasteiger partial charge < -0.3 is 11.1 Å². The molecule has 1 heterocycles. The maximum absolute atomic E-state index is 12.4. The van der Waals surface area contributed by atoms with Crippen LogP contribution < -0.4 is 11.1 Å². The van der Waals surface area contributed by atoms with Gasteiger partial charge in [-0.05, 0) is 30.4 Å². The number of amides is 1. The van der Waals surface area contributed by atoms with Gasteiger partial charge in [0, 0.05) is 17.0 Å². The molecule has 0 bridgehead atoms. The number of thiophene rings is 1. The lowest BCUT2D eigenvalue weighted by molar-refractivity contribution is 0.0955. The zero-order valence-electron chi connectivity index (χ0n) is 11.5.